The monoisotopic (exact) mass is 646 g/mol. The van der Waals surface area contributed by atoms with Crippen molar-refractivity contribution in [1.82, 2.24) is 9.13 Å². The number of aromatic nitrogens is 2. The number of nitriles is 2. The average molecular weight is 648 g/mol. The topological polar surface area (TPSA) is 98.1 Å². The van der Waals surface area contributed by atoms with Gasteiger partial charge in [-0.15, -0.1) is 0 Å². The summed E-state index contributed by atoms with van der Waals surface area (Å²) >= 11 is 15.0. The van der Waals surface area contributed by atoms with Crippen LogP contribution in [0.4, 0.5) is 11.4 Å². The van der Waals surface area contributed by atoms with Crippen molar-refractivity contribution in [3.8, 4) is 12.1 Å². The minimum absolute atomic E-state index is 0.0104. The van der Waals surface area contributed by atoms with E-state index < -0.39 is 0 Å². The van der Waals surface area contributed by atoms with Crippen LogP contribution in [-0.2, 0) is 19.8 Å². The van der Waals surface area contributed by atoms with E-state index in [4.69, 9.17) is 23.2 Å². The zero-order chi connectivity index (χ0) is 30.4. The highest BCUT2D eigenvalue weighted by Crippen LogP contribution is 2.35. The van der Waals surface area contributed by atoms with Gasteiger partial charge in [0.25, 0.3) is 11.1 Å². The van der Waals surface area contributed by atoms with Crippen LogP contribution in [0.5, 0.6) is 0 Å². The van der Waals surface area contributed by atoms with Crippen molar-refractivity contribution in [2.24, 2.45) is 0 Å². The lowest BCUT2D eigenvalue weighted by atomic mass is 9.95. The second-order valence-corrected chi connectivity index (χ2v) is 13.0. The zero-order valence-corrected chi connectivity index (χ0v) is 26.4. The van der Waals surface area contributed by atoms with Gasteiger partial charge in [-0.05, 0) is 73.5 Å². The summed E-state index contributed by atoms with van der Waals surface area (Å²) in [6.07, 6.45) is 0.0104. The third-order valence-corrected chi connectivity index (χ3v) is 10.7. The molecule has 2 aliphatic rings. The highest BCUT2D eigenvalue weighted by molar-refractivity contribution is 7.99. The summed E-state index contributed by atoms with van der Waals surface area (Å²) in [5.74, 6) is 1.13. The number of fused-ring (bicyclic) bond motifs is 2. The molecule has 0 unspecified atom stereocenters. The number of thioether (sulfide) groups is 2. The average Bonchev–Trinajstić information content (AvgIpc) is 3.02. The SMILES string of the molecule is Cc1c(C#N)c2n(c(=O)c1Cc1c(C)c(C#N)c3n(c1=O)CN(c1ccc(Cl)cc1)CS3)CN(c1ccc(Cl)cc1)CS2. The van der Waals surface area contributed by atoms with Crippen molar-refractivity contribution in [3.63, 3.8) is 0 Å². The first-order valence-corrected chi connectivity index (χ1v) is 16.0. The quantitative estimate of drug-likeness (QED) is 0.254. The number of pyridine rings is 2. The molecule has 0 N–H and O–H groups in total. The van der Waals surface area contributed by atoms with Gasteiger partial charge in [-0.3, -0.25) is 18.7 Å². The van der Waals surface area contributed by atoms with Crippen LogP contribution in [0.1, 0.15) is 33.4 Å². The van der Waals surface area contributed by atoms with Crippen molar-refractivity contribution in [1.29, 1.82) is 10.5 Å². The standard InChI is InChI=1S/C31H24Cl2N6O2S2/c1-18-24(28(40)38-14-36(16-42-30(38)26(18)12-34)22-7-3-20(32)4-8-22)11-25-19(2)27(13-35)31-39(29(25)41)15-37(17-43-31)23-9-5-21(33)6-10-23/h3-10H,11,14-17H2,1-2H3. The molecule has 43 heavy (non-hydrogen) atoms. The molecule has 0 bridgehead atoms. The van der Waals surface area contributed by atoms with E-state index in [1.807, 2.05) is 34.1 Å². The highest BCUT2D eigenvalue weighted by Gasteiger charge is 2.29. The van der Waals surface area contributed by atoms with Gasteiger partial charge in [-0.2, -0.15) is 10.5 Å². The van der Waals surface area contributed by atoms with Crippen molar-refractivity contribution in [2.45, 2.75) is 43.7 Å². The van der Waals surface area contributed by atoms with Crippen molar-refractivity contribution in [2.75, 3.05) is 21.6 Å². The normalized spacial score (nSPS) is 14.1. The van der Waals surface area contributed by atoms with E-state index in [2.05, 4.69) is 12.1 Å². The molecule has 4 aromatic rings. The first kappa shape index (κ1) is 29.3. The molecule has 0 radical (unpaired) electrons. The summed E-state index contributed by atoms with van der Waals surface area (Å²) < 4.78 is 3.22. The molecule has 2 aromatic heterocycles. The predicted octanol–water partition coefficient (Wildman–Crippen LogP) is 6.32. The summed E-state index contributed by atoms with van der Waals surface area (Å²) in [7, 11) is 0. The molecular formula is C31H24Cl2N6O2S2. The van der Waals surface area contributed by atoms with E-state index in [0.29, 0.717) is 65.2 Å². The van der Waals surface area contributed by atoms with Crippen LogP contribution in [0.3, 0.4) is 0 Å². The van der Waals surface area contributed by atoms with Gasteiger partial charge in [0.15, 0.2) is 0 Å². The summed E-state index contributed by atoms with van der Waals surface area (Å²) in [6, 6.07) is 19.4. The van der Waals surface area contributed by atoms with Gasteiger partial charge in [-0.25, -0.2) is 0 Å². The number of hydrogen-bond acceptors (Lipinski definition) is 8. The smallest absolute Gasteiger partial charge is 0.256 e. The van der Waals surface area contributed by atoms with E-state index in [1.165, 1.54) is 23.5 Å². The fraction of sp³-hybridized carbons (Fsp3) is 0.226. The maximum atomic E-state index is 14.1. The highest BCUT2D eigenvalue weighted by atomic mass is 35.5. The Kier molecular flexibility index (Phi) is 7.97. The predicted molar refractivity (Wildman–Crippen MR) is 172 cm³/mol. The second kappa shape index (κ2) is 11.7. The fourth-order valence-electron chi connectivity index (χ4n) is 5.45. The molecule has 0 saturated carbocycles. The summed E-state index contributed by atoms with van der Waals surface area (Å²) in [6.45, 7) is 4.03. The van der Waals surface area contributed by atoms with Crippen LogP contribution in [0.2, 0.25) is 10.0 Å². The molecule has 0 saturated heterocycles. The minimum atomic E-state index is -0.255. The summed E-state index contributed by atoms with van der Waals surface area (Å²) in [5, 5.41) is 22.8. The van der Waals surface area contributed by atoms with Crippen LogP contribution in [-0.4, -0.2) is 20.9 Å². The number of nitrogens with zero attached hydrogens (tertiary/aromatic N) is 6. The van der Waals surface area contributed by atoms with Crippen LogP contribution >= 0.6 is 46.7 Å². The van der Waals surface area contributed by atoms with E-state index in [9.17, 15) is 20.1 Å². The Balaban J connectivity index is 1.43. The van der Waals surface area contributed by atoms with E-state index in [-0.39, 0.29) is 30.9 Å². The van der Waals surface area contributed by atoms with Gasteiger partial charge in [-0.1, -0.05) is 46.7 Å². The van der Waals surface area contributed by atoms with Gasteiger partial charge in [0.1, 0.15) is 12.1 Å². The second-order valence-electron chi connectivity index (χ2n) is 10.3. The molecule has 0 spiro atoms. The lowest BCUT2D eigenvalue weighted by Crippen LogP contribution is -2.41. The Bertz CT molecular complexity index is 1830. The lowest BCUT2D eigenvalue weighted by Gasteiger charge is -2.33. The maximum absolute atomic E-state index is 14.1. The Labute approximate surface area is 266 Å². The molecule has 8 nitrogen and oxygen atoms in total. The van der Waals surface area contributed by atoms with Crippen LogP contribution in [0, 0.1) is 36.5 Å². The molecule has 6 rings (SSSR count). The maximum Gasteiger partial charge on any atom is 0.256 e. The first-order valence-electron chi connectivity index (χ1n) is 13.3. The molecule has 216 valence electrons. The molecular weight excluding hydrogens is 623 g/mol. The Morgan fingerprint density at radius 1 is 0.698 bits per heavy atom. The van der Waals surface area contributed by atoms with Gasteiger partial charge in [0.2, 0.25) is 0 Å². The zero-order valence-electron chi connectivity index (χ0n) is 23.2. The molecule has 0 aliphatic carbocycles. The molecule has 0 fully saturated rings. The van der Waals surface area contributed by atoms with Crippen molar-refractivity contribution < 1.29 is 0 Å². The number of rotatable bonds is 4. The van der Waals surface area contributed by atoms with Crippen molar-refractivity contribution >= 4 is 58.1 Å². The summed E-state index contributed by atoms with van der Waals surface area (Å²) in [5.41, 5.74) is 4.02. The molecule has 0 amide bonds. The van der Waals surface area contributed by atoms with E-state index in [1.54, 1.807) is 47.2 Å². The minimum Gasteiger partial charge on any atom is -0.344 e. The van der Waals surface area contributed by atoms with E-state index >= 15 is 0 Å². The van der Waals surface area contributed by atoms with Gasteiger partial charge in [0.05, 0.1) is 46.3 Å². The van der Waals surface area contributed by atoms with Gasteiger partial charge < -0.3 is 9.80 Å². The van der Waals surface area contributed by atoms with Gasteiger partial charge in [0, 0.05) is 39.0 Å². The number of halogens is 2. The Morgan fingerprint density at radius 3 is 1.42 bits per heavy atom. The largest absolute Gasteiger partial charge is 0.344 e. The van der Waals surface area contributed by atoms with Crippen molar-refractivity contribution in [3.05, 3.63) is 113 Å². The van der Waals surface area contributed by atoms with Crippen LogP contribution in [0.15, 0.2) is 68.2 Å². The third-order valence-electron chi connectivity index (χ3n) is 7.88. The van der Waals surface area contributed by atoms with E-state index in [0.717, 1.165) is 11.4 Å². The number of hydrogen-bond donors (Lipinski definition) is 0. The molecule has 12 heteroatoms. The van der Waals surface area contributed by atoms with Crippen LogP contribution in [0.25, 0.3) is 0 Å². The van der Waals surface area contributed by atoms with Gasteiger partial charge >= 0.3 is 0 Å². The first-order chi connectivity index (χ1) is 20.7. The number of anilines is 2. The lowest BCUT2D eigenvalue weighted by molar-refractivity contribution is 0.571. The molecule has 2 aromatic carbocycles. The Hall–Kier alpha value is -3.80. The fourth-order valence-corrected chi connectivity index (χ4v) is 8.00. The number of benzene rings is 2. The summed E-state index contributed by atoms with van der Waals surface area (Å²) in [4.78, 5) is 32.2. The third kappa shape index (κ3) is 5.19. The van der Waals surface area contributed by atoms with Crippen LogP contribution < -0.4 is 20.9 Å². The Morgan fingerprint density at radius 2 is 1.07 bits per heavy atom. The molecule has 4 heterocycles. The molecule has 2 aliphatic heterocycles. The molecule has 0 atom stereocenters.